The third kappa shape index (κ3) is 23.5. The molecule has 28 rings (SSSR count). The van der Waals surface area contributed by atoms with Crippen molar-refractivity contribution in [2.75, 3.05) is 39.6 Å². The molecule has 0 aromatic heterocycles. The molecule has 36 nitrogen and oxygen atoms in total. The van der Waals surface area contributed by atoms with Crippen LogP contribution >= 0.6 is 0 Å². The molecular formula is C90H96O36. The Labute approximate surface area is 720 Å². The molecule has 0 unspecified atom stereocenters. The van der Waals surface area contributed by atoms with Crippen LogP contribution in [0.1, 0.15) is 33.4 Å². The second kappa shape index (κ2) is 44.9. The molecule has 672 valence electrons. The van der Waals surface area contributed by atoms with Gasteiger partial charge in [0.05, 0.1) is 39.6 Å². The lowest BCUT2D eigenvalue weighted by atomic mass is 9.94. The zero-order valence-electron chi connectivity index (χ0n) is 67.0. The summed E-state index contributed by atoms with van der Waals surface area (Å²) in [5.41, 5.74) is 2.78. The first-order valence-corrected chi connectivity index (χ1v) is 40.3. The maximum absolute atomic E-state index is 14.4. The van der Waals surface area contributed by atoms with E-state index >= 15 is 0 Å². The summed E-state index contributed by atoms with van der Waals surface area (Å²) in [6, 6.07) is 49.6. The van der Waals surface area contributed by atoms with E-state index in [2.05, 4.69) is 0 Å². The summed E-state index contributed by atoms with van der Waals surface area (Å²) in [7, 11) is 0. The van der Waals surface area contributed by atoms with Gasteiger partial charge in [-0.2, -0.15) is 0 Å². The first kappa shape index (κ1) is 93.3. The maximum atomic E-state index is 14.4. The molecule has 22 fully saturated rings. The van der Waals surface area contributed by atoms with E-state index in [9.17, 15) is 90.0 Å². The summed E-state index contributed by atoms with van der Waals surface area (Å²) in [4.78, 5) is 86.1. The molecule has 22 aliphatic heterocycles. The van der Waals surface area contributed by atoms with Gasteiger partial charge in [-0.1, -0.05) is 182 Å². The zero-order chi connectivity index (χ0) is 88.9. The SMILES string of the molecule is O=C(/C=C/c1ccccc1)O[C@@H]1[C@@H](O)[C@H]2O[C@H]3[C@H](OC(=O)/C=C/c4ccccc4)[C@@H](O)[C@@H](O[C@H]4[C@H](OC(=O)/C=C/c5ccccc5)[C@@H](O)[C@@H](O[C@H]5[C@H](OC(=O)/C=C/c6ccccc6)[C@@H](O)[C@@H](O[C@H]6[C@H](OC(=O)/C=C/c7ccccc7)[C@@H](O)[C@@H](O[C@H]7[C@H](OC(=O)/C=C/c8ccccc8)[C@@H](O)[C@@H](O[C@@H]1[C@@H](CO)O2)O[C@@H]7CO)O[C@@H]6CO)O[C@@H]5CO)O[C@@H]4CO)O[C@@H]3CO. The van der Waals surface area contributed by atoms with Crippen molar-refractivity contribution in [3.63, 3.8) is 0 Å². The van der Waals surface area contributed by atoms with Gasteiger partial charge in [-0.05, 0) is 69.8 Å². The molecule has 0 radical (unpaired) electrons. The van der Waals surface area contributed by atoms with Crippen LogP contribution in [0.25, 0.3) is 36.5 Å². The minimum atomic E-state index is -2.42. The molecule has 22 heterocycles. The van der Waals surface area contributed by atoms with Crippen molar-refractivity contribution in [2.45, 2.75) is 184 Å². The van der Waals surface area contributed by atoms with E-state index in [0.717, 1.165) is 36.5 Å². The van der Waals surface area contributed by atoms with Gasteiger partial charge in [0.1, 0.15) is 110 Å². The minimum Gasteiger partial charge on any atom is -0.453 e. The fourth-order valence-electron chi connectivity index (χ4n) is 15.1. The third-order valence-corrected chi connectivity index (χ3v) is 21.3. The van der Waals surface area contributed by atoms with E-state index in [1.807, 2.05) is 0 Å². The van der Waals surface area contributed by atoms with Crippen LogP contribution in [-0.2, 0) is 114 Å². The highest BCUT2D eigenvalue weighted by atomic mass is 16.8. The second-order valence-electron chi connectivity index (χ2n) is 29.8. The van der Waals surface area contributed by atoms with E-state index in [1.54, 1.807) is 182 Å². The van der Waals surface area contributed by atoms with Crippen molar-refractivity contribution in [3.8, 4) is 0 Å². The van der Waals surface area contributed by atoms with Crippen LogP contribution < -0.4 is 0 Å². The number of hydrogen-bond acceptors (Lipinski definition) is 36. The lowest BCUT2D eigenvalue weighted by molar-refractivity contribution is -0.403. The van der Waals surface area contributed by atoms with Crippen LogP contribution in [0.3, 0.4) is 0 Å². The van der Waals surface area contributed by atoms with Gasteiger partial charge in [0, 0.05) is 36.5 Å². The molecule has 0 aliphatic carbocycles. The van der Waals surface area contributed by atoms with Crippen molar-refractivity contribution < 1.29 is 175 Å². The molecule has 22 aliphatic rings. The molecule has 12 bridgehead atoms. The van der Waals surface area contributed by atoms with Crippen LogP contribution in [-0.4, -0.2) is 321 Å². The topological polar surface area (TPSA) is 511 Å². The minimum absolute atomic E-state index is 0.464. The smallest absolute Gasteiger partial charge is 0.331 e. The Morgan fingerprint density at radius 2 is 0.341 bits per heavy atom. The lowest BCUT2D eigenvalue weighted by Crippen LogP contribution is -2.70. The number of benzene rings is 6. The Kier molecular flexibility index (Phi) is 33.2. The Morgan fingerprint density at radius 3 is 0.460 bits per heavy atom. The molecule has 22 saturated heterocycles. The number of carbonyl (C=O) groups excluding carboxylic acids is 6. The summed E-state index contributed by atoms with van der Waals surface area (Å²) in [6.07, 6.45) is -52.5. The first-order chi connectivity index (χ1) is 61.1. The van der Waals surface area contributed by atoms with E-state index in [1.165, 1.54) is 36.5 Å². The summed E-state index contributed by atoms with van der Waals surface area (Å²) in [6.45, 7) is -7.19. The molecule has 12 N–H and O–H groups in total. The highest BCUT2D eigenvalue weighted by Gasteiger charge is 2.62. The van der Waals surface area contributed by atoms with Gasteiger partial charge >= 0.3 is 35.8 Å². The number of ether oxygens (including phenoxy) is 18. The highest BCUT2D eigenvalue weighted by Crippen LogP contribution is 2.42. The molecule has 126 heavy (non-hydrogen) atoms. The standard InChI is InChI=1S/C90H96O36/c91-43-55-73-79(115-61(97)37-31-49-19-7-1-8-20-49)67(103)85(109-55)122-74-56(44-92)111-87(69(105)81(74)117-63(99)39-33-51-23-11-3-12-24-51)124-76-58(46-94)113-89(71(107)83(76)119-65(101)41-35-53-27-15-5-16-28-53)126-78-60(48-96)114-90(72(108)84(78)120-66(102)42-36-54-29-17-6-18-30-54)125-77-59(47-95)112-88(70(106)82(77)118-64(100)40-34-52-25-13-4-14-26-52)123-75-57(45-93)110-86(121-73)68(104)80(75)116-62(98)38-32-50-21-9-2-10-22-50/h1-42,55-60,67-96,103-108H,43-48H2/b37-31+,38-32+,39-33+,40-34+,41-35+,42-36+/t55-,56-,57-,58-,59-,60-,67-,68-,69-,70-,71-,72-,73-,74-,75-,76-,77-,78-,79-,80-,81-,82-,83-,84-,85-,86-,87-,88-,89-,90-/m1/s1. The summed E-state index contributed by atoms with van der Waals surface area (Å²) >= 11 is 0. The van der Waals surface area contributed by atoms with Gasteiger partial charge in [0.25, 0.3) is 0 Å². The predicted molar refractivity (Wildman–Crippen MR) is 432 cm³/mol. The average Bonchev–Trinajstić information content (AvgIpc) is 0.760. The fraction of sp³-hybridized carbons (Fsp3) is 0.400. The van der Waals surface area contributed by atoms with Crippen LogP contribution in [0.5, 0.6) is 0 Å². The largest absolute Gasteiger partial charge is 0.453 e. The van der Waals surface area contributed by atoms with Gasteiger partial charge in [-0.25, -0.2) is 28.8 Å². The number of carbonyl (C=O) groups is 6. The van der Waals surface area contributed by atoms with Crippen LogP contribution in [0, 0.1) is 0 Å². The number of aliphatic hydroxyl groups excluding tert-OH is 12. The normalized spacial score (nSPS) is 34.5. The van der Waals surface area contributed by atoms with E-state index < -0.39 is 260 Å². The predicted octanol–water partition coefficient (Wildman–Crippen LogP) is 0.531. The fourth-order valence-corrected chi connectivity index (χ4v) is 15.1. The molecule has 30 atom stereocenters. The molecule has 6 aromatic carbocycles. The number of hydrogen-bond donors (Lipinski definition) is 12. The number of rotatable bonds is 24. The molecule has 0 spiro atoms. The van der Waals surface area contributed by atoms with E-state index in [-0.39, 0.29) is 0 Å². The Balaban J connectivity index is 0.940. The van der Waals surface area contributed by atoms with Gasteiger partial charge in [-0.15, -0.1) is 0 Å². The Bertz CT molecular complexity index is 3930. The van der Waals surface area contributed by atoms with Gasteiger partial charge in [0.15, 0.2) is 74.4 Å². The quantitative estimate of drug-likeness (QED) is 0.0223. The maximum Gasteiger partial charge on any atom is 0.331 e. The first-order valence-electron chi connectivity index (χ1n) is 40.3. The van der Waals surface area contributed by atoms with Gasteiger partial charge in [-0.3, -0.25) is 0 Å². The van der Waals surface area contributed by atoms with Crippen molar-refractivity contribution in [2.24, 2.45) is 0 Å². The molecular weight excluding hydrogens is 1660 g/mol. The van der Waals surface area contributed by atoms with Gasteiger partial charge in [0.2, 0.25) is 0 Å². The lowest BCUT2D eigenvalue weighted by Gasteiger charge is -2.51. The van der Waals surface area contributed by atoms with Crippen LogP contribution in [0.4, 0.5) is 0 Å². The van der Waals surface area contributed by atoms with E-state index in [0.29, 0.717) is 33.4 Å². The number of aliphatic hydroxyl groups is 12. The summed E-state index contributed by atoms with van der Waals surface area (Å²) in [5.74, 6) is -7.40. The number of esters is 6. The van der Waals surface area contributed by atoms with Gasteiger partial charge < -0.3 is 147 Å². The second-order valence-corrected chi connectivity index (χ2v) is 29.8. The van der Waals surface area contributed by atoms with Crippen molar-refractivity contribution in [3.05, 3.63) is 252 Å². The monoisotopic (exact) mass is 1750 g/mol. The summed E-state index contributed by atoms with van der Waals surface area (Å²) < 4.78 is 112. The van der Waals surface area contributed by atoms with Crippen molar-refractivity contribution >= 4 is 72.3 Å². The zero-order valence-corrected chi connectivity index (χ0v) is 67.0. The molecule has 36 heteroatoms. The Hall–Kier alpha value is -10.4. The average molecular weight is 1750 g/mol. The molecule has 0 saturated carbocycles. The van der Waals surface area contributed by atoms with Crippen LogP contribution in [0.15, 0.2) is 218 Å². The highest BCUT2D eigenvalue weighted by molar-refractivity contribution is 5.90. The van der Waals surface area contributed by atoms with E-state index in [4.69, 9.17) is 85.3 Å². The van der Waals surface area contributed by atoms with Crippen molar-refractivity contribution in [1.82, 2.24) is 0 Å². The molecule has 6 aromatic rings. The summed E-state index contributed by atoms with van der Waals surface area (Å²) in [5, 5.41) is 146. The molecule has 0 amide bonds. The Morgan fingerprint density at radius 1 is 0.214 bits per heavy atom. The third-order valence-electron chi connectivity index (χ3n) is 21.3. The van der Waals surface area contributed by atoms with Crippen LogP contribution in [0.2, 0.25) is 0 Å². The van der Waals surface area contributed by atoms with Crippen molar-refractivity contribution in [1.29, 1.82) is 0 Å².